The maximum Gasteiger partial charge on any atom is 0.157 e. The van der Waals surface area contributed by atoms with Crippen LogP contribution in [0.5, 0.6) is 0 Å². The van der Waals surface area contributed by atoms with Gasteiger partial charge in [-0.15, -0.1) is 0 Å². The lowest BCUT2D eigenvalue weighted by Crippen LogP contribution is -2.27. The summed E-state index contributed by atoms with van der Waals surface area (Å²) in [4.78, 5) is 15.3. The maximum absolute atomic E-state index is 11.1. The molecule has 10 heavy (non-hydrogen) atoms. The van der Waals surface area contributed by atoms with Crippen molar-refractivity contribution in [1.82, 2.24) is 0 Å². The molecule has 0 bridgehead atoms. The lowest BCUT2D eigenvalue weighted by atomic mass is 9.96. The average Bonchev–Trinajstić information content (AvgIpc) is 1.88. The fourth-order valence-electron chi connectivity index (χ4n) is 1.17. The topological polar surface area (TPSA) is 29.4 Å². The second-order valence-electron chi connectivity index (χ2n) is 3.03. The van der Waals surface area contributed by atoms with Crippen molar-refractivity contribution >= 4 is 12.0 Å². The normalized spacial score (nSPS) is 25.9. The van der Waals surface area contributed by atoms with E-state index in [1.165, 1.54) is 0 Å². The monoisotopic (exact) mass is 139 g/mol. The van der Waals surface area contributed by atoms with Crippen LogP contribution in [0.3, 0.4) is 0 Å². The molecule has 0 N–H and O–H groups in total. The molecule has 0 spiro atoms. The van der Waals surface area contributed by atoms with E-state index >= 15 is 0 Å². The molecule has 0 amide bonds. The highest BCUT2D eigenvalue weighted by molar-refractivity contribution is 5.89. The van der Waals surface area contributed by atoms with Gasteiger partial charge in [0.05, 0.1) is 0 Å². The van der Waals surface area contributed by atoms with Crippen LogP contribution in [-0.2, 0) is 4.79 Å². The van der Waals surface area contributed by atoms with E-state index in [0.717, 1.165) is 6.42 Å². The van der Waals surface area contributed by atoms with Crippen LogP contribution < -0.4 is 0 Å². The van der Waals surface area contributed by atoms with Gasteiger partial charge in [-0.2, -0.15) is 0 Å². The Bertz CT molecular complexity index is 161. The van der Waals surface area contributed by atoms with E-state index in [0.29, 0.717) is 18.1 Å². The van der Waals surface area contributed by atoms with Crippen molar-refractivity contribution in [2.45, 2.75) is 32.7 Å². The molecule has 0 fully saturated rings. The molecule has 0 radical (unpaired) electrons. The zero-order valence-electron chi connectivity index (χ0n) is 6.50. The molecule has 1 rings (SSSR count). The van der Waals surface area contributed by atoms with Gasteiger partial charge in [-0.1, -0.05) is 13.8 Å². The Hall–Kier alpha value is -0.660. The highest BCUT2D eigenvalue weighted by atomic mass is 16.1. The molecule has 0 aliphatic carbocycles. The van der Waals surface area contributed by atoms with Gasteiger partial charge >= 0.3 is 0 Å². The Labute approximate surface area is 61.3 Å². The summed E-state index contributed by atoms with van der Waals surface area (Å²) in [5.41, 5.74) is 0. The van der Waals surface area contributed by atoms with Gasteiger partial charge < -0.3 is 0 Å². The van der Waals surface area contributed by atoms with Crippen LogP contribution in [0.4, 0.5) is 0 Å². The zero-order chi connectivity index (χ0) is 7.56. The third-order valence-electron chi connectivity index (χ3n) is 1.75. The van der Waals surface area contributed by atoms with Crippen LogP contribution in [0, 0.1) is 5.92 Å². The SMILES string of the molecule is CC(C)C1N=CCCC1=O. The third kappa shape index (κ3) is 1.43. The van der Waals surface area contributed by atoms with Gasteiger partial charge in [-0.25, -0.2) is 0 Å². The van der Waals surface area contributed by atoms with Gasteiger partial charge in [0.15, 0.2) is 5.78 Å². The second-order valence-corrected chi connectivity index (χ2v) is 3.03. The summed E-state index contributed by atoms with van der Waals surface area (Å²) < 4.78 is 0. The van der Waals surface area contributed by atoms with Crippen LogP contribution in [0.1, 0.15) is 26.7 Å². The first-order chi connectivity index (χ1) is 4.72. The smallest absolute Gasteiger partial charge is 0.157 e. The van der Waals surface area contributed by atoms with Crippen LogP contribution in [0.2, 0.25) is 0 Å². The van der Waals surface area contributed by atoms with E-state index < -0.39 is 0 Å². The van der Waals surface area contributed by atoms with Crippen molar-refractivity contribution in [2.24, 2.45) is 10.9 Å². The molecular formula is C8H13NO. The van der Waals surface area contributed by atoms with E-state index in [1.807, 2.05) is 20.1 Å². The number of ketones is 1. The molecule has 1 atom stereocenters. The lowest BCUT2D eigenvalue weighted by Gasteiger charge is -2.17. The Morgan fingerprint density at radius 3 is 2.80 bits per heavy atom. The molecule has 0 saturated carbocycles. The molecule has 1 aliphatic heterocycles. The quantitative estimate of drug-likeness (QED) is 0.540. The second kappa shape index (κ2) is 2.95. The fourth-order valence-corrected chi connectivity index (χ4v) is 1.17. The molecule has 0 saturated heterocycles. The fraction of sp³-hybridized carbons (Fsp3) is 0.750. The zero-order valence-corrected chi connectivity index (χ0v) is 6.50. The minimum Gasteiger partial charge on any atom is -0.297 e. The van der Waals surface area contributed by atoms with Gasteiger partial charge in [0, 0.05) is 12.6 Å². The molecule has 1 aliphatic rings. The predicted octanol–water partition coefficient (Wildman–Crippen LogP) is 1.44. The Kier molecular flexibility index (Phi) is 2.20. The van der Waals surface area contributed by atoms with Crippen LogP contribution in [-0.4, -0.2) is 18.0 Å². The van der Waals surface area contributed by atoms with Crippen molar-refractivity contribution in [1.29, 1.82) is 0 Å². The van der Waals surface area contributed by atoms with E-state index in [-0.39, 0.29) is 6.04 Å². The summed E-state index contributed by atoms with van der Waals surface area (Å²) in [5, 5.41) is 0. The van der Waals surface area contributed by atoms with Gasteiger partial charge in [0.25, 0.3) is 0 Å². The van der Waals surface area contributed by atoms with Crippen molar-refractivity contribution in [2.75, 3.05) is 0 Å². The van der Waals surface area contributed by atoms with Gasteiger partial charge in [-0.3, -0.25) is 9.79 Å². The summed E-state index contributed by atoms with van der Waals surface area (Å²) in [6.07, 6.45) is 3.39. The third-order valence-corrected chi connectivity index (χ3v) is 1.75. The number of carbonyl (C=O) groups is 1. The highest BCUT2D eigenvalue weighted by Crippen LogP contribution is 2.13. The van der Waals surface area contributed by atoms with Gasteiger partial charge in [-0.05, 0) is 12.3 Å². The molecule has 0 aromatic rings. The van der Waals surface area contributed by atoms with Crippen LogP contribution in [0.25, 0.3) is 0 Å². The van der Waals surface area contributed by atoms with E-state index in [2.05, 4.69) is 4.99 Å². The van der Waals surface area contributed by atoms with Crippen LogP contribution in [0.15, 0.2) is 4.99 Å². The number of aliphatic imine (C=N–C) groups is 1. The van der Waals surface area contributed by atoms with Crippen molar-refractivity contribution < 1.29 is 4.79 Å². The van der Waals surface area contributed by atoms with Gasteiger partial charge in [0.1, 0.15) is 6.04 Å². The Morgan fingerprint density at radius 2 is 2.40 bits per heavy atom. The minimum absolute atomic E-state index is 0.0475. The molecule has 2 nitrogen and oxygen atoms in total. The average molecular weight is 139 g/mol. The molecule has 1 unspecified atom stereocenters. The van der Waals surface area contributed by atoms with E-state index in [4.69, 9.17) is 0 Å². The maximum atomic E-state index is 11.1. The number of hydrogen-bond acceptors (Lipinski definition) is 2. The first kappa shape index (κ1) is 7.45. The first-order valence-electron chi connectivity index (χ1n) is 3.76. The molecular weight excluding hydrogens is 126 g/mol. The van der Waals surface area contributed by atoms with Crippen LogP contribution >= 0.6 is 0 Å². The van der Waals surface area contributed by atoms with E-state index in [1.54, 1.807) is 0 Å². The summed E-state index contributed by atoms with van der Waals surface area (Å²) in [6.45, 7) is 4.07. The van der Waals surface area contributed by atoms with Crippen molar-refractivity contribution in [3.63, 3.8) is 0 Å². The number of carbonyl (C=O) groups excluding carboxylic acids is 1. The lowest BCUT2D eigenvalue weighted by molar-refractivity contribution is -0.121. The van der Waals surface area contributed by atoms with Gasteiger partial charge in [0.2, 0.25) is 0 Å². The molecule has 1 heterocycles. The van der Waals surface area contributed by atoms with E-state index in [9.17, 15) is 4.79 Å². The number of Topliss-reactive ketones (excluding diaryl/α,β-unsaturated/α-hetero) is 1. The molecule has 2 heteroatoms. The molecule has 0 aromatic heterocycles. The Morgan fingerprint density at radius 1 is 1.70 bits per heavy atom. The Balaban J connectivity index is 2.64. The highest BCUT2D eigenvalue weighted by Gasteiger charge is 2.21. The summed E-state index contributed by atoms with van der Waals surface area (Å²) in [6, 6.07) is -0.0475. The number of nitrogens with zero attached hydrogens (tertiary/aromatic N) is 1. The summed E-state index contributed by atoms with van der Waals surface area (Å²) in [7, 11) is 0. The summed E-state index contributed by atoms with van der Waals surface area (Å²) >= 11 is 0. The molecule has 0 aromatic carbocycles. The largest absolute Gasteiger partial charge is 0.297 e. The van der Waals surface area contributed by atoms with Crippen molar-refractivity contribution in [3.05, 3.63) is 0 Å². The number of hydrogen-bond donors (Lipinski definition) is 0. The first-order valence-corrected chi connectivity index (χ1v) is 3.76. The summed E-state index contributed by atoms with van der Waals surface area (Å²) in [5.74, 6) is 0.668. The minimum atomic E-state index is -0.0475. The predicted molar refractivity (Wildman–Crippen MR) is 41.4 cm³/mol. The molecule has 56 valence electrons. The standard InChI is InChI=1S/C8H13NO/c1-6(2)8-7(10)4-3-5-9-8/h5-6,8H,3-4H2,1-2H3. The van der Waals surface area contributed by atoms with Crippen molar-refractivity contribution in [3.8, 4) is 0 Å². The number of rotatable bonds is 1.